The number of piperidine rings is 1. The Balaban J connectivity index is 0.00000729. The Hall–Kier alpha value is -1.26. The van der Waals surface area contributed by atoms with Crippen LogP contribution in [0.3, 0.4) is 0 Å². The van der Waals surface area contributed by atoms with Gasteiger partial charge in [0, 0.05) is 32.7 Å². The Bertz CT molecular complexity index is 501. The summed E-state index contributed by atoms with van der Waals surface area (Å²) in [6.45, 7) is 13.3. The van der Waals surface area contributed by atoms with Crippen molar-refractivity contribution >= 4 is 42.0 Å². The number of nitrogens with one attached hydrogen (secondary N) is 2. The third-order valence-electron chi connectivity index (χ3n) is 4.01. The van der Waals surface area contributed by atoms with Crippen molar-refractivity contribution in [3.63, 3.8) is 0 Å². The van der Waals surface area contributed by atoms with Crippen LogP contribution in [0.1, 0.15) is 53.9 Å². The standard InChI is InChI=1S/C19H36N4O4.HI/c1-6-20-17(21-11-8-12-22-18(25)27-19(3,4)5)23-13-9-15(10-14-23)16(24)26-7-2;/h15H,6-14H2,1-5H3,(H,20,21)(H,22,25);1H. The summed E-state index contributed by atoms with van der Waals surface area (Å²) in [4.78, 5) is 30.3. The van der Waals surface area contributed by atoms with E-state index in [0.717, 1.165) is 44.9 Å². The first-order valence-electron chi connectivity index (χ1n) is 9.93. The fraction of sp³-hybridized carbons (Fsp3) is 0.842. The summed E-state index contributed by atoms with van der Waals surface area (Å²) in [5.41, 5.74) is -0.490. The maximum Gasteiger partial charge on any atom is 0.407 e. The van der Waals surface area contributed by atoms with Crippen molar-refractivity contribution in [3.8, 4) is 0 Å². The molecular formula is C19H37IN4O4. The van der Waals surface area contributed by atoms with Crippen LogP contribution in [0.5, 0.6) is 0 Å². The molecule has 1 aliphatic rings. The predicted molar refractivity (Wildman–Crippen MR) is 121 cm³/mol. The number of amides is 1. The Morgan fingerprint density at radius 3 is 2.32 bits per heavy atom. The largest absolute Gasteiger partial charge is 0.466 e. The number of aliphatic imine (C=N–C) groups is 1. The minimum Gasteiger partial charge on any atom is -0.466 e. The zero-order valence-electron chi connectivity index (χ0n) is 17.9. The summed E-state index contributed by atoms with van der Waals surface area (Å²) < 4.78 is 10.3. The van der Waals surface area contributed by atoms with Crippen LogP contribution in [0.4, 0.5) is 4.79 Å². The van der Waals surface area contributed by atoms with Crippen LogP contribution in [-0.4, -0.2) is 67.9 Å². The van der Waals surface area contributed by atoms with Crippen molar-refractivity contribution in [3.05, 3.63) is 0 Å². The molecule has 1 amide bonds. The summed E-state index contributed by atoms with van der Waals surface area (Å²) in [5.74, 6) is 0.756. The zero-order valence-corrected chi connectivity index (χ0v) is 20.2. The van der Waals surface area contributed by atoms with Gasteiger partial charge < -0.3 is 25.0 Å². The van der Waals surface area contributed by atoms with Crippen molar-refractivity contribution in [2.75, 3.05) is 39.3 Å². The monoisotopic (exact) mass is 512 g/mol. The minimum atomic E-state index is -0.490. The number of ether oxygens (including phenoxy) is 2. The van der Waals surface area contributed by atoms with Gasteiger partial charge in [0.1, 0.15) is 5.60 Å². The Morgan fingerprint density at radius 2 is 1.79 bits per heavy atom. The smallest absolute Gasteiger partial charge is 0.407 e. The third-order valence-corrected chi connectivity index (χ3v) is 4.01. The van der Waals surface area contributed by atoms with Crippen LogP contribution in [0.15, 0.2) is 4.99 Å². The average molecular weight is 512 g/mol. The van der Waals surface area contributed by atoms with Crippen molar-refractivity contribution in [1.82, 2.24) is 15.5 Å². The lowest BCUT2D eigenvalue weighted by molar-refractivity contribution is -0.149. The maximum atomic E-state index is 11.9. The Morgan fingerprint density at radius 1 is 1.14 bits per heavy atom. The molecule has 2 N–H and O–H groups in total. The number of hydrogen-bond acceptors (Lipinski definition) is 5. The van der Waals surface area contributed by atoms with Crippen molar-refractivity contribution in [2.45, 2.75) is 59.5 Å². The molecule has 8 nitrogen and oxygen atoms in total. The number of likely N-dealkylation sites (tertiary alicyclic amines) is 1. The highest BCUT2D eigenvalue weighted by Crippen LogP contribution is 2.18. The number of rotatable bonds is 7. The van der Waals surface area contributed by atoms with E-state index in [-0.39, 0.29) is 35.9 Å². The minimum absolute atomic E-state index is 0. The van der Waals surface area contributed by atoms with Gasteiger partial charge in [-0.05, 0) is 53.9 Å². The second kappa shape index (κ2) is 13.8. The molecule has 0 radical (unpaired) electrons. The topological polar surface area (TPSA) is 92.3 Å². The zero-order chi connectivity index (χ0) is 20.3. The van der Waals surface area contributed by atoms with Crippen molar-refractivity contribution in [2.24, 2.45) is 10.9 Å². The summed E-state index contributed by atoms with van der Waals surface area (Å²) in [6, 6.07) is 0. The van der Waals surface area contributed by atoms with Gasteiger partial charge in [-0.1, -0.05) is 0 Å². The molecule has 0 aromatic carbocycles. The molecule has 1 rings (SSSR count). The Labute approximate surface area is 186 Å². The average Bonchev–Trinajstić information content (AvgIpc) is 2.59. The number of guanidine groups is 1. The van der Waals surface area contributed by atoms with Gasteiger partial charge >= 0.3 is 12.1 Å². The van der Waals surface area contributed by atoms with Crippen LogP contribution in [0.2, 0.25) is 0 Å². The molecule has 0 aliphatic carbocycles. The Kier molecular flexibility index (Phi) is 13.2. The number of hydrogen-bond donors (Lipinski definition) is 2. The number of nitrogens with zero attached hydrogens (tertiary/aromatic N) is 2. The van der Waals surface area contributed by atoms with Gasteiger partial charge in [0.15, 0.2) is 5.96 Å². The van der Waals surface area contributed by atoms with Crippen LogP contribution in [-0.2, 0) is 14.3 Å². The third kappa shape index (κ3) is 10.9. The highest BCUT2D eigenvalue weighted by molar-refractivity contribution is 14.0. The number of esters is 1. The first kappa shape index (κ1) is 26.7. The molecule has 0 unspecified atom stereocenters. The van der Waals surface area contributed by atoms with E-state index < -0.39 is 11.7 Å². The van der Waals surface area contributed by atoms with Crippen molar-refractivity contribution < 1.29 is 19.1 Å². The van der Waals surface area contributed by atoms with E-state index >= 15 is 0 Å². The number of halogens is 1. The molecule has 0 aromatic heterocycles. The second-order valence-electron chi connectivity index (χ2n) is 7.53. The van der Waals surface area contributed by atoms with Gasteiger partial charge in [0.05, 0.1) is 12.5 Å². The summed E-state index contributed by atoms with van der Waals surface area (Å²) in [5, 5.41) is 6.04. The van der Waals surface area contributed by atoms with Gasteiger partial charge in [0.2, 0.25) is 0 Å². The molecule has 1 saturated heterocycles. The van der Waals surface area contributed by atoms with Gasteiger partial charge in [-0.25, -0.2) is 4.79 Å². The SMILES string of the molecule is CCNC(=NCCCNC(=O)OC(C)(C)C)N1CCC(C(=O)OCC)CC1.I. The summed E-state index contributed by atoms with van der Waals surface area (Å²) in [7, 11) is 0. The molecule has 0 spiro atoms. The maximum absolute atomic E-state index is 11.9. The first-order valence-corrected chi connectivity index (χ1v) is 9.93. The molecule has 1 fully saturated rings. The molecule has 1 aliphatic heterocycles. The molecule has 28 heavy (non-hydrogen) atoms. The number of alkyl carbamates (subject to hydrolysis) is 1. The van der Waals surface area contributed by atoms with Gasteiger partial charge in [0.25, 0.3) is 0 Å². The van der Waals surface area contributed by atoms with E-state index in [9.17, 15) is 9.59 Å². The van der Waals surface area contributed by atoms with E-state index in [1.165, 1.54) is 0 Å². The van der Waals surface area contributed by atoms with E-state index in [0.29, 0.717) is 19.7 Å². The van der Waals surface area contributed by atoms with E-state index in [1.54, 1.807) is 0 Å². The molecule has 0 aromatic rings. The number of carbonyl (C=O) groups is 2. The molecule has 1 heterocycles. The second-order valence-corrected chi connectivity index (χ2v) is 7.53. The normalized spacial score (nSPS) is 15.5. The highest BCUT2D eigenvalue weighted by atomic mass is 127. The molecule has 164 valence electrons. The van der Waals surface area contributed by atoms with Crippen LogP contribution >= 0.6 is 24.0 Å². The van der Waals surface area contributed by atoms with E-state index in [2.05, 4.69) is 20.5 Å². The fourth-order valence-corrected chi connectivity index (χ4v) is 2.78. The molecule has 0 bridgehead atoms. The molecular weight excluding hydrogens is 475 g/mol. The quantitative estimate of drug-likeness (QED) is 0.179. The van der Waals surface area contributed by atoms with Crippen LogP contribution in [0, 0.1) is 5.92 Å². The van der Waals surface area contributed by atoms with Gasteiger partial charge in [-0.3, -0.25) is 9.79 Å². The molecule has 0 atom stereocenters. The van der Waals surface area contributed by atoms with Crippen LogP contribution in [0.25, 0.3) is 0 Å². The van der Waals surface area contributed by atoms with Gasteiger partial charge in [-0.2, -0.15) is 0 Å². The van der Waals surface area contributed by atoms with E-state index in [4.69, 9.17) is 9.47 Å². The molecule has 0 saturated carbocycles. The molecule has 9 heteroatoms. The van der Waals surface area contributed by atoms with Crippen LogP contribution < -0.4 is 10.6 Å². The van der Waals surface area contributed by atoms with Crippen molar-refractivity contribution in [1.29, 1.82) is 0 Å². The number of carbonyl (C=O) groups excluding carboxylic acids is 2. The summed E-state index contributed by atoms with van der Waals surface area (Å²) >= 11 is 0. The lowest BCUT2D eigenvalue weighted by atomic mass is 9.97. The fourth-order valence-electron chi connectivity index (χ4n) is 2.78. The van der Waals surface area contributed by atoms with Gasteiger partial charge in [-0.15, -0.1) is 24.0 Å². The highest BCUT2D eigenvalue weighted by Gasteiger charge is 2.27. The summed E-state index contributed by atoms with van der Waals surface area (Å²) in [6.07, 6.45) is 1.89. The first-order chi connectivity index (χ1) is 12.8. The van der Waals surface area contributed by atoms with E-state index in [1.807, 2.05) is 34.6 Å². The predicted octanol–water partition coefficient (Wildman–Crippen LogP) is 2.76. The lowest BCUT2D eigenvalue weighted by Crippen LogP contribution is -2.46. The lowest BCUT2D eigenvalue weighted by Gasteiger charge is -2.33.